The second-order valence-electron chi connectivity index (χ2n) is 19.5. The van der Waals surface area contributed by atoms with Gasteiger partial charge in [0.05, 0.1) is 0 Å². The van der Waals surface area contributed by atoms with Crippen molar-refractivity contribution in [3.05, 3.63) is 85.1 Å². The molecule has 0 saturated carbocycles. The zero-order valence-corrected chi connectivity index (χ0v) is 46.0. The lowest BCUT2D eigenvalue weighted by Crippen LogP contribution is -2.30. The number of ether oxygens (including phenoxy) is 3. The maximum Gasteiger partial charge on any atom is 0.306 e. The van der Waals surface area contributed by atoms with Crippen LogP contribution in [0.4, 0.5) is 0 Å². The average Bonchev–Trinajstić information content (AvgIpc) is 3.36. The molecule has 0 aliphatic carbocycles. The van der Waals surface area contributed by atoms with Gasteiger partial charge < -0.3 is 14.2 Å². The lowest BCUT2D eigenvalue weighted by Gasteiger charge is -2.18. The molecule has 1 atom stereocenters. The molecule has 0 fully saturated rings. The Labute approximate surface area is 433 Å². The molecule has 0 rings (SSSR count). The Hall–Kier alpha value is -3.41. The molecule has 0 spiro atoms. The van der Waals surface area contributed by atoms with Gasteiger partial charge >= 0.3 is 17.9 Å². The van der Waals surface area contributed by atoms with Gasteiger partial charge in [0.1, 0.15) is 13.2 Å². The fourth-order valence-electron chi connectivity index (χ4n) is 8.21. The molecular weight excluding hydrogens is 865 g/mol. The maximum atomic E-state index is 12.7. The highest BCUT2D eigenvalue weighted by Crippen LogP contribution is 2.16. The van der Waals surface area contributed by atoms with Gasteiger partial charge in [-0.1, -0.05) is 254 Å². The highest BCUT2D eigenvalue weighted by Gasteiger charge is 2.19. The predicted octanol–water partition coefficient (Wildman–Crippen LogP) is 19.9. The zero-order valence-electron chi connectivity index (χ0n) is 46.0. The van der Waals surface area contributed by atoms with Crippen LogP contribution in [0.3, 0.4) is 0 Å². The summed E-state index contributed by atoms with van der Waals surface area (Å²) in [6.07, 6.45) is 76.4. The summed E-state index contributed by atoms with van der Waals surface area (Å²) in [5, 5.41) is 0. The Morgan fingerprint density at radius 2 is 0.557 bits per heavy atom. The monoisotopic (exact) mass is 975 g/mol. The van der Waals surface area contributed by atoms with Gasteiger partial charge in [-0.25, -0.2) is 0 Å². The van der Waals surface area contributed by atoms with Crippen LogP contribution in [-0.2, 0) is 28.6 Å². The number of hydrogen-bond donors (Lipinski definition) is 0. The van der Waals surface area contributed by atoms with Crippen molar-refractivity contribution in [2.45, 2.75) is 290 Å². The van der Waals surface area contributed by atoms with Crippen molar-refractivity contribution in [3.8, 4) is 0 Å². The molecule has 0 aromatic carbocycles. The Morgan fingerprint density at radius 1 is 0.300 bits per heavy atom. The molecule has 0 amide bonds. The van der Waals surface area contributed by atoms with Gasteiger partial charge in [-0.05, 0) is 96.3 Å². The first kappa shape index (κ1) is 66.6. The first-order valence-electron chi connectivity index (χ1n) is 29.6. The first-order chi connectivity index (χ1) is 34.5. The number of esters is 3. The molecule has 0 radical (unpaired) electrons. The third-order valence-electron chi connectivity index (χ3n) is 12.6. The molecule has 0 aromatic rings. The van der Waals surface area contributed by atoms with E-state index in [1.165, 1.54) is 128 Å². The van der Waals surface area contributed by atoms with Gasteiger partial charge in [-0.3, -0.25) is 14.4 Å². The molecule has 0 saturated heterocycles. The number of rotatable bonds is 53. The summed E-state index contributed by atoms with van der Waals surface area (Å²) in [4.78, 5) is 37.7. The van der Waals surface area contributed by atoms with Crippen LogP contribution in [0, 0.1) is 0 Å². The molecule has 0 aromatic heterocycles. The van der Waals surface area contributed by atoms with Crippen molar-refractivity contribution < 1.29 is 28.6 Å². The average molecular weight is 976 g/mol. The molecule has 0 bridgehead atoms. The Bertz CT molecular complexity index is 1350. The minimum atomic E-state index is -0.773. The number of hydrogen-bond acceptors (Lipinski definition) is 6. The van der Waals surface area contributed by atoms with Crippen molar-refractivity contribution >= 4 is 17.9 Å². The van der Waals surface area contributed by atoms with E-state index in [1.807, 2.05) is 0 Å². The van der Waals surface area contributed by atoms with Gasteiger partial charge in [0, 0.05) is 19.3 Å². The molecule has 0 heterocycles. The minimum absolute atomic E-state index is 0.0768. The van der Waals surface area contributed by atoms with Crippen LogP contribution in [0.2, 0.25) is 0 Å². The molecule has 402 valence electrons. The Balaban J connectivity index is 3.90. The van der Waals surface area contributed by atoms with Crippen LogP contribution >= 0.6 is 0 Å². The van der Waals surface area contributed by atoms with Gasteiger partial charge in [-0.2, -0.15) is 0 Å². The van der Waals surface area contributed by atoms with Gasteiger partial charge in [0.2, 0.25) is 0 Å². The highest BCUT2D eigenvalue weighted by atomic mass is 16.6. The van der Waals surface area contributed by atoms with Crippen LogP contribution in [0.15, 0.2) is 85.1 Å². The summed E-state index contributed by atoms with van der Waals surface area (Å²) < 4.78 is 16.7. The van der Waals surface area contributed by atoms with Gasteiger partial charge in [-0.15, -0.1) is 0 Å². The fourth-order valence-corrected chi connectivity index (χ4v) is 8.21. The summed E-state index contributed by atoms with van der Waals surface area (Å²) in [5.41, 5.74) is 0. The van der Waals surface area contributed by atoms with E-state index in [9.17, 15) is 14.4 Å². The van der Waals surface area contributed by atoms with E-state index in [-0.39, 0.29) is 31.1 Å². The Kier molecular flexibility index (Phi) is 55.3. The molecule has 0 aliphatic rings. The third kappa shape index (κ3) is 55.5. The highest BCUT2D eigenvalue weighted by molar-refractivity contribution is 5.71. The van der Waals surface area contributed by atoms with Crippen molar-refractivity contribution in [1.82, 2.24) is 0 Å². The van der Waals surface area contributed by atoms with Crippen LogP contribution in [0.25, 0.3) is 0 Å². The lowest BCUT2D eigenvalue weighted by atomic mass is 10.0. The third-order valence-corrected chi connectivity index (χ3v) is 12.6. The fraction of sp³-hybridized carbons (Fsp3) is 0.734. The second-order valence-corrected chi connectivity index (χ2v) is 19.5. The standard InChI is InChI=1S/C64H110O6/c1-4-7-10-13-15-17-19-21-22-23-24-25-26-27-28-29-30-31-32-33-34-35-36-37-38-39-40-41-42-43-45-46-48-51-54-57-63(66)69-60-61(59-68-62(65)56-53-50-12-9-6-3)70-64(67)58-55-52-49-47-44-20-18-16-14-11-8-5-2/h7,10,15-18,21-22,24-25,27-28,30-31,61H,4-6,8-9,11-14,19-20,23,26,29,32-60H2,1-3H3/b10-7-,17-15-,18-16-,22-21-,25-24-,28-27-,31-30-. The van der Waals surface area contributed by atoms with Crippen molar-refractivity contribution in [3.63, 3.8) is 0 Å². The zero-order chi connectivity index (χ0) is 50.7. The molecule has 6 nitrogen and oxygen atoms in total. The first-order valence-corrected chi connectivity index (χ1v) is 29.6. The topological polar surface area (TPSA) is 78.9 Å². The van der Waals surface area contributed by atoms with Crippen LogP contribution in [0.5, 0.6) is 0 Å². The summed E-state index contributed by atoms with van der Waals surface area (Å²) in [5.74, 6) is -0.895. The number of carbonyl (C=O) groups excluding carboxylic acids is 3. The molecule has 6 heteroatoms. The molecule has 70 heavy (non-hydrogen) atoms. The summed E-state index contributed by atoms with van der Waals surface area (Å²) in [6, 6.07) is 0. The maximum absolute atomic E-state index is 12.7. The SMILES string of the molecule is CC/C=C\C/C=C\C/C=C\C/C=C\C/C=C\C/C=C\CCCCCCCCCCCCCCCCCCC(=O)OCC(COC(=O)CCCCCCC)OC(=O)CCCCCCC/C=C\CCCCC. The summed E-state index contributed by atoms with van der Waals surface area (Å²) in [6.45, 7) is 6.42. The van der Waals surface area contributed by atoms with Crippen molar-refractivity contribution in [1.29, 1.82) is 0 Å². The lowest BCUT2D eigenvalue weighted by molar-refractivity contribution is -0.167. The Morgan fingerprint density at radius 3 is 0.914 bits per heavy atom. The molecule has 1 unspecified atom stereocenters. The summed E-state index contributed by atoms with van der Waals surface area (Å²) in [7, 11) is 0. The number of unbranched alkanes of at least 4 members (excludes halogenated alkanes) is 28. The van der Waals surface area contributed by atoms with E-state index in [1.54, 1.807) is 0 Å². The van der Waals surface area contributed by atoms with Crippen molar-refractivity contribution in [2.24, 2.45) is 0 Å². The van der Waals surface area contributed by atoms with E-state index in [0.717, 1.165) is 116 Å². The molecule has 0 N–H and O–H groups in total. The van der Waals surface area contributed by atoms with Crippen LogP contribution in [-0.4, -0.2) is 37.2 Å². The normalized spacial score (nSPS) is 12.7. The molecule has 0 aliphatic heterocycles. The number of carbonyl (C=O) groups is 3. The van der Waals surface area contributed by atoms with Crippen LogP contribution in [0.1, 0.15) is 284 Å². The molecular formula is C64H110O6. The van der Waals surface area contributed by atoms with E-state index in [2.05, 4.69) is 106 Å². The quantitative estimate of drug-likeness (QED) is 0.0261. The van der Waals surface area contributed by atoms with Gasteiger partial charge in [0.15, 0.2) is 6.10 Å². The minimum Gasteiger partial charge on any atom is -0.462 e. The van der Waals surface area contributed by atoms with Crippen LogP contribution < -0.4 is 0 Å². The van der Waals surface area contributed by atoms with E-state index >= 15 is 0 Å². The van der Waals surface area contributed by atoms with E-state index in [4.69, 9.17) is 14.2 Å². The predicted molar refractivity (Wildman–Crippen MR) is 302 cm³/mol. The van der Waals surface area contributed by atoms with Gasteiger partial charge in [0.25, 0.3) is 0 Å². The van der Waals surface area contributed by atoms with E-state index in [0.29, 0.717) is 19.3 Å². The smallest absolute Gasteiger partial charge is 0.306 e. The summed E-state index contributed by atoms with van der Waals surface area (Å²) >= 11 is 0. The second kappa shape index (κ2) is 58.2. The van der Waals surface area contributed by atoms with Crippen molar-refractivity contribution in [2.75, 3.05) is 13.2 Å². The van der Waals surface area contributed by atoms with E-state index < -0.39 is 6.10 Å². The number of allylic oxidation sites excluding steroid dienone is 14. The largest absolute Gasteiger partial charge is 0.462 e.